The Morgan fingerprint density at radius 1 is 1.02 bits per heavy atom. The summed E-state index contributed by atoms with van der Waals surface area (Å²) in [6, 6.07) is 2.53. The van der Waals surface area contributed by atoms with Crippen molar-refractivity contribution in [1.82, 2.24) is 25.9 Å². The minimum absolute atomic E-state index is 0.0329. The molecule has 5 amide bonds. The number of nitrogens with one attached hydrogen (secondary N) is 3. The average Bonchev–Trinajstić information content (AvgIpc) is 3.32. The molecular formula is C36H50FN5O8. The van der Waals surface area contributed by atoms with Crippen molar-refractivity contribution in [1.29, 1.82) is 0 Å². The highest BCUT2D eigenvalue weighted by Crippen LogP contribution is 2.45. The maximum atomic E-state index is 14.4. The minimum atomic E-state index is -1.30. The third-order valence-corrected chi connectivity index (χ3v) is 9.24. The number of ether oxygens (including phenoxy) is 2. The van der Waals surface area contributed by atoms with E-state index in [2.05, 4.69) is 16.1 Å². The minimum Gasteiger partial charge on any atom is -0.444 e. The Balaban J connectivity index is 1.39. The zero-order chi connectivity index (χ0) is 36.4. The molecule has 2 fully saturated rings. The second-order valence-electron chi connectivity index (χ2n) is 15.7. The summed E-state index contributed by atoms with van der Waals surface area (Å²) in [7, 11) is 0. The molecule has 13 nitrogen and oxygen atoms in total. The summed E-state index contributed by atoms with van der Waals surface area (Å²) >= 11 is 0. The van der Waals surface area contributed by atoms with Crippen LogP contribution in [0.2, 0.25) is 0 Å². The Kier molecular flexibility index (Phi) is 10.8. The van der Waals surface area contributed by atoms with E-state index in [1.807, 2.05) is 12.2 Å². The third kappa shape index (κ3) is 8.93. The van der Waals surface area contributed by atoms with Gasteiger partial charge in [0.05, 0.1) is 18.7 Å². The van der Waals surface area contributed by atoms with Crippen molar-refractivity contribution in [2.75, 3.05) is 6.54 Å². The van der Waals surface area contributed by atoms with Gasteiger partial charge in [0, 0.05) is 24.4 Å². The first-order valence-electron chi connectivity index (χ1n) is 17.4. The molecule has 5 atom stereocenters. The Morgan fingerprint density at radius 2 is 1.78 bits per heavy atom. The highest BCUT2D eigenvalue weighted by atomic mass is 19.1. The number of rotatable bonds is 4. The van der Waals surface area contributed by atoms with Gasteiger partial charge in [-0.1, -0.05) is 37.1 Å². The molecule has 3 N–H and O–H groups in total. The Bertz CT molecular complexity index is 1520. The Labute approximate surface area is 292 Å². The van der Waals surface area contributed by atoms with E-state index in [1.54, 1.807) is 53.7 Å². The number of nitrogens with zero attached hydrogens (tertiary/aromatic N) is 2. The number of alkyl carbamates (subject to hydrolysis) is 1. The number of allylic oxidation sites excluding steroid dienone is 1. The molecule has 4 aliphatic rings. The van der Waals surface area contributed by atoms with Gasteiger partial charge in [0.1, 0.15) is 35.1 Å². The van der Waals surface area contributed by atoms with Crippen molar-refractivity contribution < 1.29 is 42.7 Å². The summed E-state index contributed by atoms with van der Waals surface area (Å²) in [4.78, 5) is 76.4. The molecule has 274 valence electrons. The standard InChI is InChI=1S/C36H50FN5O8/c1-34(2,3)49-32(46)38-27-16-11-9-7-8-10-14-23-18-36(23,31(45)40-50-35(4,5)6)39-29(43)28-17-24(20-42(28)30(27)44)48-33(47)41-19-22-13-12-15-26(37)25(22)21-41/h10,12-15,23-24,27-28H,7-9,11,16-21H2,1-6H3,(H,38,46)(H,39,43)(H,40,45)/b14-10-/t23-,24-,27+,28+,36-/m1/s1. The van der Waals surface area contributed by atoms with Gasteiger partial charge in [-0.15, -0.1) is 0 Å². The van der Waals surface area contributed by atoms with E-state index in [-0.39, 0.29) is 32.0 Å². The van der Waals surface area contributed by atoms with Crippen LogP contribution in [0.3, 0.4) is 0 Å². The first-order chi connectivity index (χ1) is 23.5. The van der Waals surface area contributed by atoms with Crippen LogP contribution in [-0.4, -0.2) is 81.2 Å². The second kappa shape index (κ2) is 14.6. The Morgan fingerprint density at radius 3 is 2.48 bits per heavy atom. The molecule has 5 rings (SSSR count). The molecule has 14 heteroatoms. The molecule has 0 aromatic heterocycles. The number of benzene rings is 1. The fourth-order valence-electron chi connectivity index (χ4n) is 6.63. The number of halogens is 1. The van der Waals surface area contributed by atoms with Gasteiger partial charge in [0.15, 0.2) is 0 Å². The molecular weight excluding hydrogens is 649 g/mol. The number of amides is 5. The number of hydrogen-bond donors (Lipinski definition) is 3. The van der Waals surface area contributed by atoms with E-state index in [4.69, 9.17) is 14.3 Å². The molecule has 50 heavy (non-hydrogen) atoms. The second-order valence-corrected chi connectivity index (χ2v) is 15.7. The van der Waals surface area contributed by atoms with Gasteiger partial charge in [-0.2, -0.15) is 0 Å². The molecule has 0 unspecified atom stereocenters. The van der Waals surface area contributed by atoms with Crippen molar-refractivity contribution in [2.24, 2.45) is 5.92 Å². The normalized spacial score (nSPS) is 27.8. The molecule has 1 aromatic rings. The van der Waals surface area contributed by atoms with Gasteiger partial charge >= 0.3 is 12.2 Å². The van der Waals surface area contributed by atoms with Gasteiger partial charge in [-0.3, -0.25) is 24.1 Å². The first kappa shape index (κ1) is 37.1. The van der Waals surface area contributed by atoms with E-state index in [1.165, 1.54) is 15.9 Å². The van der Waals surface area contributed by atoms with E-state index < -0.39 is 70.7 Å². The lowest BCUT2D eigenvalue weighted by Gasteiger charge is -2.30. The zero-order valence-electron chi connectivity index (χ0n) is 29.8. The van der Waals surface area contributed by atoms with Gasteiger partial charge in [0.25, 0.3) is 5.91 Å². The lowest BCUT2D eigenvalue weighted by atomic mass is 10.0. The van der Waals surface area contributed by atoms with Crippen LogP contribution in [0.4, 0.5) is 14.0 Å². The van der Waals surface area contributed by atoms with Gasteiger partial charge in [-0.25, -0.2) is 19.5 Å². The Hall–Kier alpha value is -4.20. The predicted molar refractivity (Wildman–Crippen MR) is 179 cm³/mol. The zero-order valence-corrected chi connectivity index (χ0v) is 29.8. The number of hydroxylamine groups is 1. The predicted octanol–water partition coefficient (Wildman–Crippen LogP) is 4.38. The maximum Gasteiger partial charge on any atom is 0.410 e. The van der Waals surface area contributed by atoms with Crippen LogP contribution < -0.4 is 16.1 Å². The lowest BCUT2D eigenvalue weighted by Crippen LogP contribution is -2.58. The molecule has 1 saturated carbocycles. The van der Waals surface area contributed by atoms with Crippen molar-refractivity contribution in [3.8, 4) is 0 Å². The van der Waals surface area contributed by atoms with Crippen molar-refractivity contribution in [3.63, 3.8) is 0 Å². The van der Waals surface area contributed by atoms with E-state index >= 15 is 0 Å². The van der Waals surface area contributed by atoms with Crippen LogP contribution >= 0.6 is 0 Å². The number of carbonyl (C=O) groups excluding carboxylic acids is 5. The molecule has 1 saturated heterocycles. The van der Waals surface area contributed by atoms with Crippen LogP contribution in [0.25, 0.3) is 0 Å². The molecule has 3 heterocycles. The largest absolute Gasteiger partial charge is 0.444 e. The molecule has 0 spiro atoms. The summed E-state index contributed by atoms with van der Waals surface area (Å²) < 4.78 is 25.7. The van der Waals surface area contributed by atoms with E-state index in [0.717, 1.165) is 19.3 Å². The van der Waals surface area contributed by atoms with E-state index in [9.17, 15) is 28.4 Å². The van der Waals surface area contributed by atoms with Crippen LogP contribution in [0, 0.1) is 11.7 Å². The van der Waals surface area contributed by atoms with Crippen LogP contribution in [0.1, 0.15) is 97.6 Å². The topological polar surface area (TPSA) is 156 Å². The van der Waals surface area contributed by atoms with Crippen LogP contribution in [-0.2, 0) is 41.8 Å². The first-order valence-corrected chi connectivity index (χ1v) is 17.4. The van der Waals surface area contributed by atoms with Crippen LogP contribution in [0.5, 0.6) is 0 Å². The van der Waals surface area contributed by atoms with Gasteiger partial charge in [-0.05, 0) is 78.9 Å². The molecule has 0 radical (unpaired) electrons. The molecule has 0 bridgehead atoms. The maximum absolute atomic E-state index is 14.4. The summed E-state index contributed by atoms with van der Waals surface area (Å²) in [5, 5.41) is 5.62. The van der Waals surface area contributed by atoms with Crippen LogP contribution in [0.15, 0.2) is 30.4 Å². The highest BCUT2D eigenvalue weighted by molar-refractivity contribution is 5.98. The molecule has 3 aliphatic heterocycles. The number of carbonyl (C=O) groups is 5. The summed E-state index contributed by atoms with van der Waals surface area (Å²) in [6.07, 6.45) is 5.13. The number of fused-ring (bicyclic) bond motifs is 3. The third-order valence-electron chi connectivity index (χ3n) is 9.24. The quantitative estimate of drug-likeness (QED) is 0.309. The summed E-state index contributed by atoms with van der Waals surface area (Å²) in [5.74, 6) is -2.34. The SMILES string of the molecule is CC(C)(C)ONC(=O)[C@@]12C[C@H]1/C=C\CCCCC[C@H](NC(=O)OC(C)(C)C)C(=O)N1C[C@H](OC(=O)N3Cc4cccc(F)c4C3)C[C@H]1C(=O)N2. The summed E-state index contributed by atoms with van der Waals surface area (Å²) in [6.45, 7) is 10.6. The fourth-order valence-corrected chi connectivity index (χ4v) is 6.63. The summed E-state index contributed by atoms with van der Waals surface area (Å²) in [5.41, 5.74) is 0.809. The molecule has 1 aliphatic carbocycles. The van der Waals surface area contributed by atoms with Gasteiger partial charge < -0.3 is 25.0 Å². The smallest absolute Gasteiger partial charge is 0.410 e. The molecule has 1 aromatic carbocycles. The van der Waals surface area contributed by atoms with Crippen molar-refractivity contribution >= 4 is 29.9 Å². The van der Waals surface area contributed by atoms with Gasteiger partial charge in [0.2, 0.25) is 11.8 Å². The number of hydrogen-bond acceptors (Lipinski definition) is 8. The monoisotopic (exact) mass is 699 g/mol. The highest BCUT2D eigenvalue weighted by Gasteiger charge is 2.61. The van der Waals surface area contributed by atoms with Crippen molar-refractivity contribution in [3.05, 3.63) is 47.3 Å². The van der Waals surface area contributed by atoms with E-state index in [0.29, 0.717) is 30.4 Å². The van der Waals surface area contributed by atoms with Crippen molar-refractivity contribution in [2.45, 2.75) is 135 Å². The fraction of sp³-hybridized carbons (Fsp3) is 0.639. The lowest BCUT2D eigenvalue weighted by molar-refractivity contribution is -0.151. The average molecular weight is 700 g/mol.